The first-order valence-corrected chi connectivity index (χ1v) is 10.8. The van der Waals surface area contributed by atoms with Crippen molar-refractivity contribution in [2.24, 2.45) is 0 Å². The molecule has 1 fully saturated rings. The Morgan fingerprint density at radius 1 is 1.00 bits per heavy atom. The Labute approximate surface area is 160 Å². The van der Waals surface area contributed by atoms with Crippen molar-refractivity contribution in [3.63, 3.8) is 0 Å². The number of nitrogens with zero attached hydrogens (tertiary/aromatic N) is 1. The maximum absolute atomic E-state index is 12.9. The summed E-state index contributed by atoms with van der Waals surface area (Å²) >= 11 is 0. The molecule has 0 unspecified atom stereocenters. The second-order valence-corrected chi connectivity index (χ2v) is 8.62. The van der Waals surface area contributed by atoms with E-state index in [9.17, 15) is 13.2 Å². The zero-order valence-electron chi connectivity index (χ0n) is 15.2. The van der Waals surface area contributed by atoms with Crippen LogP contribution in [0.5, 0.6) is 0 Å². The van der Waals surface area contributed by atoms with Gasteiger partial charge in [-0.3, -0.25) is 0 Å². The average molecular weight is 388 g/mol. The zero-order chi connectivity index (χ0) is 19.1. The van der Waals surface area contributed by atoms with Crippen molar-refractivity contribution in [2.75, 3.05) is 18.4 Å². The first-order chi connectivity index (χ1) is 13.0. The molecule has 2 amide bonds. The Kier molecular flexibility index (Phi) is 6.47. The molecule has 2 N–H and O–H groups in total. The van der Waals surface area contributed by atoms with E-state index in [2.05, 4.69) is 10.6 Å². The third-order valence-corrected chi connectivity index (χ3v) is 6.55. The van der Waals surface area contributed by atoms with E-state index in [0.717, 1.165) is 24.8 Å². The number of para-hydroxylation sites is 1. The second kappa shape index (κ2) is 9.01. The monoisotopic (exact) mass is 387 g/mol. The Bertz CT molecular complexity index is 841. The second-order valence-electron chi connectivity index (χ2n) is 6.70. The van der Waals surface area contributed by atoms with Crippen LogP contribution in [0.15, 0.2) is 60.7 Å². The quantitative estimate of drug-likeness (QED) is 0.799. The molecule has 0 saturated carbocycles. The molecule has 0 spiro atoms. The lowest BCUT2D eigenvalue weighted by molar-refractivity contribution is 0.231. The van der Waals surface area contributed by atoms with Crippen molar-refractivity contribution < 1.29 is 13.2 Å². The average Bonchev–Trinajstić information content (AvgIpc) is 2.68. The number of piperidine rings is 1. The minimum Gasteiger partial charge on any atom is -0.336 e. The Morgan fingerprint density at radius 2 is 1.67 bits per heavy atom. The van der Waals surface area contributed by atoms with Crippen molar-refractivity contribution in [3.05, 3.63) is 66.2 Å². The highest BCUT2D eigenvalue weighted by Gasteiger charge is 2.32. The molecule has 1 aliphatic rings. The first-order valence-electron chi connectivity index (χ1n) is 9.18. The molecule has 1 aliphatic heterocycles. The van der Waals surface area contributed by atoms with Crippen LogP contribution in [-0.2, 0) is 15.8 Å². The van der Waals surface area contributed by atoms with Gasteiger partial charge in [0.25, 0.3) is 0 Å². The fraction of sp³-hybridized carbons (Fsp3) is 0.350. The van der Waals surface area contributed by atoms with Gasteiger partial charge in [0.05, 0.1) is 5.75 Å². The van der Waals surface area contributed by atoms with Crippen LogP contribution < -0.4 is 10.6 Å². The van der Waals surface area contributed by atoms with Gasteiger partial charge in [0, 0.05) is 24.8 Å². The SMILES string of the molecule is O=C(NC[C@H]1CCCCN1S(=O)(=O)Cc1ccccc1)Nc1ccccc1. The molecule has 0 aliphatic carbocycles. The number of carbonyl (C=O) groups is 1. The van der Waals surface area contributed by atoms with E-state index in [1.165, 1.54) is 0 Å². The van der Waals surface area contributed by atoms with Crippen molar-refractivity contribution in [1.29, 1.82) is 0 Å². The van der Waals surface area contributed by atoms with E-state index in [0.29, 0.717) is 18.8 Å². The molecule has 1 heterocycles. The molecule has 6 nitrogen and oxygen atoms in total. The van der Waals surface area contributed by atoms with E-state index >= 15 is 0 Å². The number of carbonyl (C=O) groups excluding carboxylic acids is 1. The Morgan fingerprint density at radius 3 is 2.37 bits per heavy atom. The van der Waals surface area contributed by atoms with Crippen molar-refractivity contribution in [1.82, 2.24) is 9.62 Å². The predicted molar refractivity (Wildman–Crippen MR) is 107 cm³/mol. The fourth-order valence-electron chi connectivity index (χ4n) is 3.32. The Balaban J connectivity index is 1.60. The molecule has 144 valence electrons. The zero-order valence-corrected chi connectivity index (χ0v) is 16.0. The summed E-state index contributed by atoms with van der Waals surface area (Å²) in [6.45, 7) is 0.800. The van der Waals surface area contributed by atoms with Gasteiger partial charge in [-0.1, -0.05) is 55.0 Å². The lowest BCUT2D eigenvalue weighted by Gasteiger charge is -2.34. The molecule has 0 bridgehead atoms. The number of nitrogens with one attached hydrogen (secondary N) is 2. The van der Waals surface area contributed by atoms with Gasteiger partial charge in [-0.15, -0.1) is 0 Å². The van der Waals surface area contributed by atoms with Crippen LogP contribution in [-0.4, -0.2) is 37.9 Å². The lowest BCUT2D eigenvalue weighted by Crippen LogP contribution is -2.50. The number of hydrogen-bond donors (Lipinski definition) is 2. The maximum atomic E-state index is 12.9. The molecule has 7 heteroatoms. The summed E-state index contributed by atoms with van der Waals surface area (Å²) < 4.78 is 27.4. The van der Waals surface area contributed by atoms with Gasteiger partial charge < -0.3 is 10.6 Å². The van der Waals surface area contributed by atoms with Crippen molar-refractivity contribution in [2.45, 2.75) is 31.1 Å². The minimum atomic E-state index is -3.43. The molecular formula is C20H25N3O3S. The lowest BCUT2D eigenvalue weighted by atomic mass is 10.1. The molecule has 3 rings (SSSR count). The number of urea groups is 1. The van der Waals surface area contributed by atoms with Gasteiger partial charge in [-0.25, -0.2) is 13.2 Å². The van der Waals surface area contributed by atoms with Crippen LogP contribution in [0.4, 0.5) is 10.5 Å². The van der Waals surface area contributed by atoms with E-state index < -0.39 is 10.0 Å². The van der Waals surface area contributed by atoms with Gasteiger partial charge in [0.15, 0.2) is 0 Å². The topological polar surface area (TPSA) is 78.5 Å². The first kappa shape index (κ1) is 19.4. The number of rotatable bonds is 6. The molecule has 0 radical (unpaired) electrons. The van der Waals surface area contributed by atoms with Gasteiger partial charge >= 0.3 is 6.03 Å². The summed E-state index contributed by atoms with van der Waals surface area (Å²) in [5.41, 5.74) is 1.48. The molecule has 1 saturated heterocycles. The van der Waals surface area contributed by atoms with E-state index in [1.807, 2.05) is 48.5 Å². The normalized spacial score (nSPS) is 18.0. The van der Waals surface area contributed by atoms with Crippen molar-refractivity contribution in [3.8, 4) is 0 Å². The third-order valence-electron chi connectivity index (χ3n) is 4.65. The largest absolute Gasteiger partial charge is 0.336 e. The summed E-state index contributed by atoms with van der Waals surface area (Å²) in [6, 6.07) is 17.8. The smallest absolute Gasteiger partial charge is 0.319 e. The van der Waals surface area contributed by atoms with Crippen LogP contribution in [0.2, 0.25) is 0 Å². The van der Waals surface area contributed by atoms with Crippen LogP contribution in [0, 0.1) is 0 Å². The molecule has 27 heavy (non-hydrogen) atoms. The van der Waals surface area contributed by atoms with Gasteiger partial charge in [0.1, 0.15) is 0 Å². The summed E-state index contributed by atoms with van der Waals surface area (Å²) in [7, 11) is -3.43. The van der Waals surface area contributed by atoms with Gasteiger partial charge in [-0.05, 0) is 30.5 Å². The van der Waals surface area contributed by atoms with Gasteiger partial charge in [-0.2, -0.15) is 4.31 Å². The third kappa shape index (κ3) is 5.55. The molecule has 2 aromatic carbocycles. The highest BCUT2D eigenvalue weighted by Crippen LogP contribution is 2.22. The molecular weight excluding hydrogens is 362 g/mol. The Hall–Kier alpha value is -2.38. The summed E-state index contributed by atoms with van der Waals surface area (Å²) in [6.07, 6.45) is 2.56. The van der Waals surface area contributed by atoms with E-state index in [4.69, 9.17) is 0 Å². The number of sulfonamides is 1. The number of benzene rings is 2. The van der Waals surface area contributed by atoms with Crippen LogP contribution >= 0.6 is 0 Å². The predicted octanol–water partition coefficient (Wildman–Crippen LogP) is 3.19. The van der Waals surface area contributed by atoms with Crippen LogP contribution in [0.25, 0.3) is 0 Å². The summed E-state index contributed by atoms with van der Waals surface area (Å²) in [4.78, 5) is 12.1. The highest BCUT2D eigenvalue weighted by atomic mass is 32.2. The number of hydrogen-bond acceptors (Lipinski definition) is 3. The van der Waals surface area contributed by atoms with Crippen LogP contribution in [0.1, 0.15) is 24.8 Å². The molecule has 0 aromatic heterocycles. The van der Waals surface area contributed by atoms with E-state index in [1.54, 1.807) is 16.4 Å². The summed E-state index contributed by atoms with van der Waals surface area (Å²) in [5, 5.41) is 5.57. The number of anilines is 1. The van der Waals surface area contributed by atoms with Gasteiger partial charge in [0.2, 0.25) is 10.0 Å². The maximum Gasteiger partial charge on any atom is 0.319 e. The molecule has 1 atom stereocenters. The van der Waals surface area contributed by atoms with Crippen molar-refractivity contribution >= 4 is 21.7 Å². The molecule has 2 aromatic rings. The standard InChI is InChI=1S/C20H25N3O3S/c24-20(22-18-11-5-2-6-12-18)21-15-19-13-7-8-14-23(19)27(25,26)16-17-9-3-1-4-10-17/h1-6,9-12,19H,7-8,13-16H2,(H2,21,22,24)/t19-/m1/s1. The highest BCUT2D eigenvalue weighted by molar-refractivity contribution is 7.88. The minimum absolute atomic E-state index is 0.0133. The van der Waals surface area contributed by atoms with Crippen LogP contribution in [0.3, 0.4) is 0 Å². The van der Waals surface area contributed by atoms with E-state index in [-0.39, 0.29) is 17.8 Å². The summed E-state index contributed by atoms with van der Waals surface area (Å²) in [5.74, 6) is -0.0133. The fourth-order valence-corrected chi connectivity index (χ4v) is 5.14. The number of amides is 2.